The van der Waals surface area contributed by atoms with Crippen LogP contribution in [-0.2, 0) is 4.74 Å². The smallest absolute Gasteiger partial charge is 0.0693 e. The molecule has 0 aliphatic carbocycles. The minimum Gasteiger partial charge on any atom is -0.389 e. The maximum absolute atomic E-state index is 8.64. The summed E-state index contributed by atoms with van der Waals surface area (Å²) in [7, 11) is 1.62. The molecule has 0 bridgehead atoms. The topological polar surface area (TPSA) is 29.5 Å². The van der Waals surface area contributed by atoms with Gasteiger partial charge < -0.3 is 9.84 Å². The molecule has 0 rings (SSSR count). The lowest BCUT2D eigenvalue weighted by molar-refractivity contribution is 0.225. The molecule has 1 N–H and O–H groups in total. The number of ether oxygens (including phenoxy) is 1. The lowest BCUT2D eigenvalue weighted by Gasteiger charge is -1.91. The first-order chi connectivity index (χ1) is 3.77. The molecule has 2 nitrogen and oxygen atoms in total. The van der Waals surface area contributed by atoms with Crippen LogP contribution in [0.3, 0.4) is 0 Å². The number of aliphatic hydroxyl groups is 1. The van der Waals surface area contributed by atoms with Gasteiger partial charge in [0.15, 0.2) is 0 Å². The van der Waals surface area contributed by atoms with Crippen LogP contribution in [0.4, 0.5) is 0 Å². The van der Waals surface area contributed by atoms with Gasteiger partial charge in [0.2, 0.25) is 0 Å². The van der Waals surface area contributed by atoms with E-state index in [9.17, 15) is 0 Å². The van der Waals surface area contributed by atoms with E-state index in [1.54, 1.807) is 26.2 Å². The predicted octanol–water partition coefficient (Wildman–Crippen LogP) is 0.570. The fourth-order valence-electron chi connectivity index (χ4n) is 0.349. The van der Waals surface area contributed by atoms with Gasteiger partial charge in [-0.25, -0.2) is 0 Å². The quantitative estimate of drug-likeness (QED) is 0.546. The Bertz CT molecular complexity index is 66.9. The second-order valence-corrected chi connectivity index (χ2v) is 1.62. The Kier molecular flexibility index (Phi) is 4.61. The highest BCUT2D eigenvalue weighted by atomic mass is 16.5. The third kappa shape index (κ3) is 5.66. The fraction of sp³-hybridized carbons (Fsp3) is 0.667. The normalized spacial score (nSPS) is 14.9. The number of hydrogen-bond acceptors (Lipinski definition) is 2. The van der Waals surface area contributed by atoms with Crippen LogP contribution >= 0.6 is 0 Å². The lowest BCUT2D eigenvalue weighted by atomic mass is 10.4. The van der Waals surface area contributed by atoms with Gasteiger partial charge in [-0.05, 0) is 6.92 Å². The summed E-state index contributed by atoms with van der Waals surface area (Å²) in [6.07, 6.45) is 3.11. The zero-order valence-electron chi connectivity index (χ0n) is 5.29. The van der Waals surface area contributed by atoms with Crippen molar-refractivity contribution in [2.45, 2.75) is 13.0 Å². The average Bonchev–Trinajstić information content (AvgIpc) is 1.66. The highest BCUT2D eigenvalue weighted by Crippen LogP contribution is 1.81. The molecule has 0 radical (unpaired) electrons. The molecule has 0 spiro atoms. The first-order valence-corrected chi connectivity index (χ1v) is 2.61. The third-order valence-corrected chi connectivity index (χ3v) is 0.677. The summed E-state index contributed by atoms with van der Waals surface area (Å²) in [5, 5.41) is 8.64. The van der Waals surface area contributed by atoms with Crippen molar-refractivity contribution in [1.82, 2.24) is 0 Å². The molecule has 0 fully saturated rings. The summed E-state index contributed by atoms with van der Waals surface area (Å²) in [5.41, 5.74) is 0. The van der Waals surface area contributed by atoms with E-state index in [0.717, 1.165) is 0 Å². The molecular formula is C6H12O2. The van der Waals surface area contributed by atoms with Gasteiger partial charge in [-0.3, -0.25) is 0 Å². The molecule has 0 heterocycles. The van der Waals surface area contributed by atoms with Crippen molar-refractivity contribution in [3.8, 4) is 0 Å². The summed E-state index contributed by atoms with van der Waals surface area (Å²) < 4.78 is 4.69. The predicted molar refractivity (Wildman–Crippen MR) is 32.7 cm³/mol. The Morgan fingerprint density at radius 3 is 2.75 bits per heavy atom. The SMILES string of the molecule is COCC=CC(C)O. The van der Waals surface area contributed by atoms with E-state index in [-0.39, 0.29) is 6.10 Å². The molecule has 8 heavy (non-hydrogen) atoms. The Hall–Kier alpha value is -0.340. The van der Waals surface area contributed by atoms with Crippen molar-refractivity contribution in [1.29, 1.82) is 0 Å². The zero-order valence-corrected chi connectivity index (χ0v) is 5.29. The van der Waals surface area contributed by atoms with E-state index in [1.807, 2.05) is 0 Å². The van der Waals surface area contributed by atoms with Gasteiger partial charge in [0.05, 0.1) is 12.7 Å². The summed E-state index contributed by atoms with van der Waals surface area (Å²) in [4.78, 5) is 0. The third-order valence-electron chi connectivity index (χ3n) is 0.677. The second-order valence-electron chi connectivity index (χ2n) is 1.62. The van der Waals surface area contributed by atoms with Crippen LogP contribution in [0.25, 0.3) is 0 Å². The largest absolute Gasteiger partial charge is 0.389 e. The van der Waals surface area contributed by atoms with Crippen LogP contribution in [0.15, 0.2) is 12.2 Å². The van der Waals surface area contributed by atoms with Crippen LogP contribution in [0, 0.1) is 0 Å². The number of hydrogen-bond donors (Lipinski definition) is 1. The van der Waals surface area contributed by atoms with Gasteiger partial charge in [0.1, 0.15) is 0 Å². The fourth-order valence-corrected chi connectivity index (χ4v) is 0.349. The monoisotopic (exact) mass is 116 g/mol. The number of aliphatic hydroxyl groups excluding tert-OH is 1. The van der Waals surface area contributed by atoms with Gasteiger partial charge in [-0.2, -0.15) is 0 Å². The molecule has 0 saturated heterocycles. The molecule has 0 aromatic heterocycles. The lowest BCUT2D eigenvalue weighted by Crippen LogP contribution is -1.93. The standard InChI is InChI=1S/C6H12O2/c1-6(7)4-3-5-8-2/h3-4,6-7H,5H2,1-2H3. The zero-order chi connectivity index (χ0) is 6.41. The van der Waals surface area contributed by atoms with E-state index in [0.29, 0.717) is 6.61 Å². The highest BCUT2D eigenvalue weighted by Gasteiger charge is 1.81. The van der Waals surface area contributed by atoms with Gasteiger partial charge in [-0.1, -0.05) is 12.2 Å². The van der Waals surface area contributed by atoms with Crippen molar-refractivity contribution in [3.63, 3.8) is 0 Å². The van der Waals surface area contributed by atoms with Crippen molar-refractivity contribution < 1.29 is 9.84 Å². The Labute approximate surface area is 49.8 Å². The number of rotatable bonds is 3. The molecule has 1 atom stereocenters. The molecule has 0 amide bonds. The van der Waals surface area contributed by atoms with Gasteiger partial charge >= 0.3 is 0 Å². The summed E-state index contributed by atoms with van der Waals surface area (Å²) in [6.45, 7) is 2.27. The molecule has 2 heteroatoms. The van der Waals surface area contributed by atoms with E-state index in [4.69, 9.17) is 9.84 Å². The van der Waals surface area contributed by atoms with Crippen LogP contribution in [0.2, 0.25) is 0 Å². The van der Waals surface area contributed by atoms with Crippen LogP contribution < -0.4 is 0 Å². The molecule has 0 aromatic rings. The molecule has 0 aliphatic heterocycles. The molecule has 0 aliphatic rings. The molecular weight excluding hydrogens is 104 g/mol. The van der Waals surface area contributed by atoms with Crippen LogP contribution in [0.1, 0.15) is 6.92 Å². The van der Waals surface area contributed by atoms with Crippen molar-refractivity contribution >= 4 is 0 Å². The highest BCUT2D eigenvalue weighted by molar-refractivity contribution is 4.85. The Morgan fingerprint density at radius 1 is 1.75 bits per heavy atom. The van der Waals surface area contributed by atoms with E-state index >= 15 is 0 Å². The van der Waals surface area contributed by atoms with Crippen molar-refractivity contribution in [2.24, 2.45) is 0 Å². The minimum atomic E-state index is -0.356. The number of methoxy groups -OCH3 is 1. The molecule has 48 valence electrons. The Morgan fingerprint density at radius 2 is 2.38 bits per heavy atom. The van der Waals surface area contributed by atoms with Crippen LogP contribution in [0.5, 0.6) is 0 Å². The molecule has 1 unspecified atom stereocenters. The summed E-state index contributed by atoms with van der Waals surface area (Å²) >= 11 is 0. The maximum atomic E-state index is 8.64. The van der Waals surface area contributed by atoms with Crippen molar-refractivity contribution in [3.05, 3.63) is 12.2 Å². The van der Waals surface area contributed by atoms with Gasteiger partial charge in [-0.15, -0.1) is 0 Å². The second kappa shape index (κ2) is 4.81. The van der Waals surface area contributed by atoms with E-state index in [1.165, 1.54) is 0 Å². The minimum absolute atomic E-state index is 0.356. The summed E-state index contributed by atoms with van der Waals surface area (Å²) in [6, 6.07) is 0. The van der Waals surface area contributed by atoms with E-state index in [2.05, 4.69) is 0 Å². The van der Waals surface area contributed by atoms with Crippen LogP contribution in [-0.4, -0.2) is 24.9 Å². The first-order valence-electron chi connectivity index (χ1n) is 2.61. The molecule has 0 saturated carbocycles. The maximum Gasteiger partial charge on any atom is 0.0693 e. The van der Waals surface area contributed by atoms with Crippen molar-refractivity contribution in [2.75, 3.05) is 13.7 Å². The first kappa shape index (κ1) is 7.66. The summed E-state index contributed by atoms with van der Waals surface area (Å²) in [5.74, 6) is 0. The van der Waals surface area contributed by atoms with Gasteiger partial charge in [0, 0.05) is 7.11 Å². The average molecular weight is 116 g/mol. The van der Waals surface area contributed by atoms with E-state index < -0.39 is 0 Å². The molecule has 0 aromatic carbocycles. The Balaban J connectivity index is 3.07. The van der Waals surface area contributed by atoms with Gasteiger partial charge in [0.25, 0.3) is 0 Å².